The van der Waals surface area contributed by atoms with E-state index >= 15 is 0 Å². The number of amides is 3. The molecule has 0 radical (unpaired) electrons. The van der Waals surface area contributed by atoms with Crippen LogP contribution in [0, 0.1) is 0 Å². The molecule has 0 saturated heterocycles. The summed E-state index contributed by atoms with van der Waals surface area (Å²) >= 11 is 0. The number of rotatable bonds is 7. The summed E-state index contributed by atoms with van der Waals surface area (Å²) < 4.78 is 15.0. The van der Waals surface area contributed by atoms with Crippen LogP contribution in [0.2, 0.25) is 0 Å². The maximum atomic E-state index is 12.1. The van der Waals surface area contributed by atoms with Crippen molar-refractivity contribution in [2.45, 2.75) is 0 Å². The molecule has 0 aliphatic heterocycles. The Bertz CT molecular complexity index is 577. The number of hydrogen-bond acceptors (Lipinski definition) is 6. The van der Waals surface area contributed by atoms with Gasteiger partial charge in [0.1, 0.15) is 17.1 Å². The van der Waals surface area contributed by atoms with Crippen LogP contribution in [0.3, 0.4) is 0 Å². The van der Waals surface area contributed by atoms with Crippen molar-refractivity contribution in [3.8, 4) is 11.5 Å². The number of nitrogens with one attached hydrogen (secondary N) is 2. The van der Waals surface area contributed by atoms with E-state index in [0.717, 1.165) is 0 Å². The smallest absolute Gasteiger partial charge is 0.346 e. The number of carbonyl (C=O) groups is 3. The highest BCUT2D eigenvalue weighted by atomic mass is 16.5. The summed E-state index contributed by atoms with van der Waals surface area (Å²) in [5, 5.41) is 4.35. The molecule has 0 aliphatic rings. The van der Waals surface area contributed by atoms with Gasteiger partial charge in [0.15, 0.2) is 6.61 Å². The second-order valence-electron chi connectivity index (χ2n) is 4.16. The lowest BCUT2D eigenvalue weighted by molar-refractivity contribution is -0.123. The Labute approximate surface area is 133 Å². The molecule has 1 rings (SSSR count). The van der Waals surface area contributed by atoms with Gasteiger partial charge in [-0.05, 0) is 12.1 Å². The molecule has 0 atom stereocenters. The summed E-state index contributed by atoms with van der Waals surface area (Å²) in [5.41, 5.74) is 0.0569. The van der Waals surface area contributed by atoms with Crippen LogP contribution < -0.4 is 20.1 Å². The van der Waals surface area contributed by atoms with Gasteiger partial charge in [-0.25, -0.2) is 9.59 Å². The molecule has 124 valence electrons. The molecule has 1 aromatic carbocycles. The molecule has 0 fully saturated rings. The van der Waals surface area contributed by atoms with Gasteiger partial charge >= 0.3 is 12.0 Å². The minimum atomic E-state index is -0.805. The Morgan fingerprint density at radius 3 is 2.30 bits per heavy atom. The van der Waals surface area contributed by atoms with Crippen LogP contribution in [0.25, 0.3) is 0 Å². The summed E-state index contributed by atoms with van der Waals surface area (Å²) in [6, 6.07) is 4.05. The molecule has 0 aromatic heterocycles. The van der Waals surface area contributed by atoms with E-state index in [1.165, 1.54) is 20.3 Å². The van der Waals surface area contributed by atoms with E-state index in [2.05, 4.69) is 11.9 Å². The van der Waals surface area contributed by atoms with Gasteiger partial charge in [0, 0.05) is 6.54 Å². The molecule has 8 heteroatoms. The fourth-order valence-corrected chi connectivity index (χ4v) is 1.63. The zero-order valence-electron chi connectivity index (χ0n) is 12.9. The molecule has 0 bridgehead atoms. The van der Waals surface area contributed by atoms with E-state index in [-0.39, 0.29) is 23.6 Å². The van der Waals surface area contributed by atoms with E-state index in [0.29, 0.717) is 0 Å². The first kappa shape index (κ1) is 18.0. The maximum absolute atomic E-state index is 12.1. The van der Waals surface area contributed by atoms with Crippen molar-refractivity contribution in [3.63, 3.8) is 0 Å². The van der Waals surface area contributed by atoms with Gasteiger partial charge in [-0.15, -0.1) is 6.58 Å². The highest BCUT2D eigenvalue weighted by Gasteiger charge is 2.20. The van der Waals surface area contributed by atoms with E-state index in [1.54, 1.807) is 18.2 Å². The van der Waals surface area contributed by atoms with Gasteiger partial charge in [0.05, 0.1) is 14.2 Å². The molecule has 0 unspecified atom stereocenters. The molecule has 0 spiro atoms. The molecule has 1 aromatic rings. The summed E-state index contributed by atoms with van der Waals surface area (Å²) in [6.07, 6.45) is 1.46. The van der Waals surface area contributed by atoms with Crippen molar-refractivity contribution in [2.75, 3.05) is 27.4 Å². The number of urea groups is 1. The zero-order chi connectivity index (χ0) is 17.2. The summed E-state index contributed by atoms with van der Waals surface area (Å²) in [5.74, 6) is -1.08. The Balaban J connectivity index is 2.65. The van der Waals surface area contributed by atoms with Crippen LogP contribution in [0.15, 0.2) is 30.9 Å². The first-order valence-electron chi connectivity index (χ1n) is 6.60. The lowest BCUT2D eigenvalue weighted by Gasteiger charge is -2.12. The van der Waals surface area contributed by atoms with Gasteiger partial charge in [-0.3, -0.25) is 10.1 Å². The molecule has 23 heavy (non-hydrogen) atoms. The molecule has 8 nitrogen and oxygen atoms in total. The third kappa shape index (κ3) is 5.34. The van der Waals surface area contributed by atoms with E-state index in [9.17, 15) is 14.4 Å². The Morgan fingerprint density at radius 1 is 1.17 bits per heavy atom. The summed E-state index contributed by atoms with van der Waals surface area (Å²) in [7, 11) is 2.78. The number of carbonyl (C=O) groups excluding carboxylic acids is 3. The average Bonchev–Trinajstić information content (AvgIpc) is 2.56. The fraction of sp³-hybridized carbons (Fsp3) is 0.267. The van der Waals surface area contributed by atoms with Crippen LogP contribution >= 0.6 is 0 Å². The lowest BCUT2D eigenvalue weighted by Crippen LogP contribution is -2.41. The number of esters is 1. The van der Waals surface area contributed by atoms with E-state index in [1.807, 2.05) is 5.32 Å². The van der Waals surface area contributed by atoms with E-state index in [4.69, 9.17) is 14.2 Å². The van der Waals surface area contributed by atoms with Crippen LogP contribution in [-0.2, 0) is 9.53 Å². The van der Waals surface area contributed by atoms with Crippen molar-refractivity contribution in [2.24, 2.45) is 0 Å². The first-order chi connectivity index (χ1) is 11.0. The van der Waals surface area contributed by atoms with Gasteiger partial charge < -0.3 is 19.5 Å². The Hall–Kier alpha value is -3.03. The minimum Gasteiger partial charge on any atom is -0.496 e. The maximum Gasteiger partial charge on any atom is 0.346 e. The molecule has 0 heterocycles. The third-order valence-corrected chi connectivity index (χ3v) is 2.63. The number of benzene rings is 1. The van der Waals surface area contributed by atoms with Crippen molar-refractivity contribution < 1.29 is 28.6 Å². The monoisotopic (exact) mass is 322 g/mol. The summed E-state index contributed by atoms with van der Waals surface area (Å²) in [6.45, 7) is 3.00. The summed E-state index contributed by atoms with van der Waals surface area (Å²) in [4.78, 5) is 34.9. The number of methoxy groups -OCH3 is 2. The standard InChI is InChI=1S/C15H18N2O6/c1-4-8-16-15(20)17-12(18)9-23-14(19)13-10(21-2)6-5-7-11(13)22-3/h4-7H,1,8-9H2,2-3H3,(H2,16,17,18,20). The third-order valence-electron chi connectivity index (χ3n) is 2.63. The van der Waals surface area contributed by atoms with Gasteiger partial charge in [0.25, 0.3) is 5.91 Å². The van der Waals surface area contributed by atoms with Gasteiger partial charge in [-0.1, -0.05) is 12.1 Å². The molecule has 2 N–H and O–H groups in total. The highest BCUT2D eigenvalue weighted by molar-refractivity contribution is 5.99. The topological polar surface area (TPSA) is 103 Å². The predicted octanol–water partition coefficient (Wildman–Crippen LogP) is 0.872. The largest absolute Gasteiger partial charge is 0.496 e. The van der Waals surface area contributed by atoms with Crippen LogP contribution in [0.4, 0.5) is 4.79 Å². The van der Waals surface area contributed by atoms with Crippen LogP contribution in [0.5, 0.6) is 11.5 Å². The number of imide groups is 1. The zero-order valence-corrected chi connectivity index (χ0v) is 12.9. The predicted molar refractivity (Wildman–Crippen MR) is 81.6 cm³/mol. The Kier molecular flexibility index (Phi) is 7.12. The van der Waals surface area contributed by atoms with Crippen molar-refractivity contribution in [1.29, 1.82) is 0 Å². The number of hydrogen-bond donors (Lipinski definition) is 2. The SMILES string of the molecule is C=CCNC(=O)NC(=O)COC(=O)c1c(OC)cccc1OC. The minimum absolute atomic E-state index is 0.0569. The van der Waals surface area contributed by atoms with Gasteiger partial charge in [0.2, 0.25) is 0 Å². The highest BCUT2D eigenvalue weighted by Crippen LogP contribution is 2.28. The lowest BCUT2D eigenvalue weighted by atomic mass is 10.2. The van der Waals surface area contributed by atoms with Crippen LogP contribution in [-0.4, -0.2) is 45.3 Å². The van der Waals surface area contributed by atoms with Crippen molar-refractivity contribution in [1.82, 2.24) is 10.6 Å². The van der Waals surface area contributed by atoms with Crippen molar-refractivity contribution in [3.05, 3.63) is 36.4 Å². The van der Waals surface area contributed by atoms with Crippen molar-refractivity contribution >= 4 is 17.9 Å². The quantitative estimate of drug-likeness (QED) is 0.570. The number of ether oxygens (including phenoxy) is 3. The molecular weight excluding hydrogens is 304 g/mol. The van der Waals surface area contributed by atoms with Crippen LogP contribution in [0.1, 0.15) is 10.4 Å². The first-order valence-corrected chi connectivity index (χ1v) is 6.60. The fourth-order valence-electron chi connectivity index (χ4n) is 1.63. The average molecular weight is 322 g/mol. The molecular formula is C15H18N2O6. The second kappa shape index (κ2) is 9.08. The second-order valence-corrected chi connectivity index (χ2v) is 4.16. The van der Waals surface area contributed by atoms with E-state index < -0.39 is 24.5 Å². The van der Waals surface area contributed by atoms with Gasteiger partial charge in [-0.2, -0.15) is 0 Å². The Morgan fingerprint density at radius 2 is 1.78 bits per heavy atom. The molecule has 0 saturated carbocycles. The molecule has 0 aliphatic carbocycles. The molecule has 3 amide bonds. The normalized spacial score (nSPS) is 9.48.